The van der Waals surface area contributed by atoms with E-state index >= 15 is 0 Å². The van der Waals surface area contributed by atoms with E-state index in [1.165, 1.54) is 7.11 Å². The molecule has 1 aliphatic rings. The monoisotopic (exact) mass is 542 g/mol. The van der Waals surface area contributed by atoms with Crippen LogP contribution < -0.4 is 4.74 Å². The second-order valence-electron chi connectivity index (χ2n) is 6.64. The maximum Gasteiger partial charge on any atom is 0.326 e. The van der Waals surface area contributed by atoms with Gasteiger partial charge in [0.05, 0.1) is 11.6 Å². The van der Waals surface area contributed by atoms with Gasteiger partial charge in [0.15, 0.2) is 11.7 Å². The Bertz CT molecular complexity index is 974. The predicted octanol–water partition coefficient (Wildman–Crippen LogP) is 5.57. The molecule has 2 aromatic carbocycles. The highest BCUT2D eigenvalue weighted by molar-refractivity contribution is 9.11. The van der Waals surface area contributed by atoms with E-state index in [0.29, 0.717) is 32.8 Å². The fourth-order valence-corrected chi connectivity index (χ4v) is 5.14. The van der Waals surface area contributed by atoms with Crippen molar-refractivity contribution in [2.45, 2.75) is 19.3 Å². The summed E-state index contributed by atoms with van der Waals surface area (Å²) in [5.41, 5.74) is 1.05. The van der Waals surface area contributed by atoms with Gasteiger partial charge in [-0.05, 0) is 58.7 Å². The molecule has 0 bridgehead atoms. The molecule has 0 saturated carbocycles. The Morgan fingerprint density at radius 3 is 2.45 bits per heavy atom. The van der Waals surface area contributed by atoms with Gasteiger partial charge in [0.1, 0.15) is 5.75 Å². The fraction of sp³-hybridized carbons (Fsp3) is 0.286. The molecule has 0 aromatic heterocycles. The van der Waals surface area contributed by atoms with E-state index in [1.54, 1.807) is 36.4 Å². The van der Waals surface area contributed by atoms with Crippen LogP contribution in [0.3, 0.4) is 0 Å². The van der Waals surface area contributed by atoms with Gasteiger partial charge in [-0.3, -0.25) is 14.4 Å². The number of benzene rings is 2. The average Bonchev–Trinajstić information content (AvgIpc) is 2.69. The highest BCUT2D eigenvalue weighted by Gasteiger charge is 2.49. The molecule has 1 aliphatic heterocycles. The van der Waals surface area contributed by atoms with Gasteiger partial charge < -0.3 is 9.47 Å². The molecule has 1 heterocycles. The summed E-state index contributed by atoms with van der Waals surface area (Å²) in [6, 6.07) is 10.1. The average molecular weight is 545 g/mol. The maximum absolute atomic E-state index is 13.4. The topological polar surface area (TPSA) is 69.7 Å². The van der Waals surface area contributed by atoms with Crippen molar-refractivity contribution in [1.29, 1.82) is 0 Å². The first-order valence-corrected chi connectivity index (χ1v) is 10.8. The minimum absolute atomic E-state index is 0.181. The summed E-state index contributed by atoms with van der Waals surface area (Å²) in [6.07, 6.45) is 0.413. The van der Waals surface area contributed by atoms with E-state index in [1.807, 2.05) is 6.92 Å². The number of Topliss-reactive ketones (excluding diaryl/α,β-unsaturated/α-hetero) is 1. The largest absolute Gasteiger partial charge is 0.468 e. The summed E-state index contributed by atoms with van der Waals surface area (Å²) in [5.74, 6) is -3.96. The van der Waals surface area contributed by atoms with Crippen molar-refractivity contribution in [2.24, 2.45) is 11.8 Å². The van der Waals surface area contributed by atoms with Gasteiger partial charge in [-0.15, -0.1) is 0 Å². The van der Waals surface area contributed by atoms with E-state index in [4.69, 9.17) is 21.1 Å². The molecule has 3 rings (SSSR count). The van der Waals surface area contributed by atoms with Crippen LogP contribution in [-0.4, -0.2) is 24.8 Å². The number of ketones is 1. The van der Waals surface area contributed by atoms with Crippen LogP contribution in [0.4, 0.5) is 0 Å². The minimum Gasteiger partial charge on any atom is -0.468 e. The number of halogens is 3. The van der Waals surface area contributed by atoms with E-state index in [0.717, 1.165) is 4.47 Å². The summed E-state index contributed by atoms with van der Waals surface area (Å²) in [5, 5.41) is 0.515. The number of fused-ring (bicyclic) bond motifs is 1. The molecule has 2 aromatic rings. The smallest absolute Gasteiger partial charge is 0.326 e. The first-order valence-electron chi connectivity index (χ1n) is 8.86. The lowest BCUT2D eigenvalue weighted by atomic mass is 9.71. The molecule has 0 N–H and O–H groups in total. The lowest BCUT2D eigenvalue weighted by Crippen LogP contribution is -2.42. The molecule has 8 heteroatoms. The second kappa shape index (κ2) is 8.98. The molecule has 0 amide bonds. The number of methoxy groups -OCH3 is 1. The first-order chi connectivity index (χ1) is 13.8. The van der Waals surface area contributed by atoms with Crippen molar-refractivity contribution in [3.05, 3.63) is 61.5 Å². The maximum atomic E-state index is 13.4. The molecule has 152 valence electrons. The van der Waals surface area contributed by atoms with Gasteiger partial charge in [0.25, 0.3) is 0 Å². The summed E-state index contributed by atoms with van der Waals surface area (Å²) >= 11 is 12.8. The lowest BCUT2D eigenvalue weighted by molar-refractivity contribution is -0.158. The van der Waals surface area contributed by atoms with Crippen molar-refractivity contribution in [3.8, 4) is 5.75 Å². The fourth-order valence-electron chi connectivity index (χ4n) is 3.68. The number of hydrogen-bond acceptors (Lipinski definition) is 5. The van der Waals surface area contributed by atoms with E-state index in [2.05, 4.69) is 31.9 Å². The molecular weight excluding hydrogens is 527 g/mol. The molecule has 0 fully saturated rings. The number of hydrogen-bond donors (Lipinski definition) is 0. The molecular formula is C21H17Br2ClO5. The van der Waals surface area contributed by atoms with Gasteiger partial charge >= 0.3 is 11.9 Å². The molecule has 3 atom stereocenters. The molecule has 0 saturated heterocycles. The SMILES string of the molecule is CC[C@H](C(=O)c1ccc(Cl)cc1)[C@@H]1c2cc(Br)cc(Br)c2OC(=O)[C@H]1C(=O)OC. The third-order valence-corrected chi connectivity index (χ3v) is 6.30. The van der Waals surface area contributed by atoms with Crippen LogP contribution >= 0.6 is 43.5 Å². The van der Waals surface area contributed by atoms with Crippen molar-refractivity contribution >= 4 is 61.2 Å². The van der Waals surface area contributed by atoms with Crippen LogP contribution in [0.1, 0.15) is 35.2 Å². The molecule has 0 spiro atoms. The Labute approximate surface area is 190 Å². The van der Waals surface area contributed by atoms with Crippen molar-refractivity contribution < 1.29 is 23.9 Å². The van der Waals surface area contributed by atoms with Gasteiger partial charge in [-0.25, -0.2) is 0 Å². The van der Waals surface area contributed by atoms with E-state index in [-0.39, 0.29) is 5.78 Å². The second-order valence-corrected chi connectivity index (χ2v) is 8.85. The number of ether oxygens (including phenoxy) is 2. The van der Waals surface area contributed by atoms with E-state index < -0.39 is 29.7 Å². The quantitative estimate of drug-likeness (QED) is 0.213. The third kappa shape index (κ3) is 4.27. The normalized spacial score (nSPS) is 19.1. The Hall–Kier alpha value is -1.70. The van der Waals surface area contributed by atoms with Crippen LogP contribution in [0, 0.1) is 11.8 Å². The third-order valence-electron chi connectivity index (χ3n) is 5.01. The van der Waals surface area contributed by atoms with Crippen LogP contribution in [0.25, 0.3) is 0 Å². The van der Waals surface area contributed by atoms with Crippen molar-refractivity contribution in [2.75, 3.05) is 7.11 Å². The summed E-state index contributed by atoms with van der Waals surface area (Å²) < 4.78 is 11.6. The Balaban J connectivity index is 2.17. The summed E-state index contributed by atoms with van der Waals surface area (Å²) in [7, 11) is 1.21. The molecule has 0 aliphatic carbocycles. The zero-order valence-corrected chi connectivity index (χ0v) is 19.5. The number of esters is 2. The lowest BCUT2D eigenvalue weighted by Gasteiger charge is -2.35. The van der Waals surface area contributed by atoms with Crippen LogP contribution in [-0.2, 0) is 14.3 Å². The Kier molecular flexibility index (Phi) is 6.81. The molecule has 29 heavy (non-hydrogen) atoms. The number of carbonyl (C=O) groups excluding carboxylic acids is 3. The van der Waals surface area contributed by atoms with Gasteiger partial charge in [-0.1, -0.05) is 34.5 Å². The number of rotatable bonds is 5. The zero-order valence-electron chi connectivity index (χ0n) is 15.6. The molecule has 5 nitrogen and oxygen atoms in total. The van der Waals surface area contributed by atoms with Crippen molar-refractivity contribution in [3.63, 3.8) is 0 Å². The van der Waals surface area contributed by atoms with Gasteiger partial charge in [0, 0.05) is 32.5 Å². The predicted molar refractivity (Wildman–Crippen MR) is 115 cm³/mol. The zero-order chi connectivity index (χ0) is 21.3. The van der Waals surface area contributed by atoms with Gasteiger partial charge in [-0.2, -0.15) is 0 Å². The number of carbonyl (C=O) groups is 3. The summed E-state index contributed by atoms with van der Waals surface area (Å²) in [4.78, 5) is 38.6. The van der Waals surface area contributed by atoms with Crippen LogP contribution in [0.15, 0.2) is 45.3 Å². The minimum atomic E-state index is -1.24. The van der Waals surface area contributed by atoms with Crippen molar-refractivity contribution in [1.82, 2.24) is 0 Å². The van der Waals surface area contributed by atoms with Crippen LogP contribution in [0.2, 0.25) is 5.02 Å². The summed E-state index contributed by atoms with van der Waals surface area (Å²) in [6.45, 7) is 1.85. The van der Waals surface area contributed by atoms with Crippen LogP contribution in [0.5, 0.6) is 5.75 Å². The highest BCUT2D eigenvalue weighted by atomic mass is 79.9. The molecule has 0 unspecified atom stereocenters. The first kappa shape index (κ1) is 22.0. The molecule has 0 radical (unpaired) electrons. The Morgan fingerprint density at radius 1 is 1.21 bits per heavy atom. The van der Waals surface area contributed by atoms with Gasteiger partial charge in [0.2, 0.25) is 0 Å². The standard InChI is InChI=1S/C21H17Br2ClO5/c1-3-13(18(25)10-4-6-12(24)7-5-10)16-14-8-11(22)9-15(23)19(14)29-21(27)17(16)20(26)28-2/h4-9,13,16-17H,3H2,1-2H3/t13-,16+,17+/m0/s1. The highest BCUT2D eigenvalue weighted by Crippen LogP contribution is 2.48. The Morgan fingerprint density at radius 2 is 1.86 bits per heavy atom. The van der Waals surface area contributed by atoms with E-state index in [9.17, 15) is 14.4 Å².